The summed E-state index contributed by atoms with van der Waals surface area (Å²) in [5.74, 6) is 0. The van der Waals surface area contributed by atoms with Gasteiger partial charge in [-0.05, 0) is 30.0 Å². The third-order valence-electron chi connectivity index (χ3n) is 3.78. The maximum absolute atomic E-state index is 12.7. The molecule has 2 aromatic carbocycles. The van der Waals surface area contributed by atoms with Crippen LogP contribution in [0.5, 0.6) is 0 Å². The molecule has 24 heavy (non-hydrogen) atoms. The molecule has 4 N–H and O–H groups in total. The van der Waals surface area contributed by atoms with Crippen LogP contribution in [0.15, 0.2) is 54.6 Å². The minimum atomic E-state index is -4.37. The Labute approximate surface area is 139 Å². The summed E-state index contributed by atoms with van der Waals surface area (Å²) >= 11 is 0. The Balaban J connectivity index is 1.83. The van der Waals surface area contributed by atoms with Crippen LogP contribution >= 0.6 is 0 Å². The molecule has 0 aliphatic heterocycles. The number of hydrogen-bond donors (Lipinski definition) is 3. The molecular weight excluding hydrogens is 317 g/mol. The lowest BCUT2D eigenvalue weighted by Gasteiger charge is -2.20. The molecule has 0 spiro atoms. The van der Waals surface area contributed by atoms with Gasteiger partial charge < -0.3 is 10.8 Å². The number of aryl methyl sites for hydroxylation is 1. The zero-order chi connectivity index (χ0) is 17.6. The Hall–Kier alpha value is -1.89. The van der Waals surface area contributed by atoms with Crippen molar-refractivity contribution in [1.82, 2.24) is 5.32 Å². The quantitative estimate of drug-likeness (QED) is 0.680. The number of alkyl halides is 3. The molecular formula is C18H21F3N2O. The van der Waals surface area contributed by atoms with Gasteiger partial charge in [0.2, 0.25) is 0 Å². The van der Waals surface area contributed by atoms with Crippen molar-refractivity contribution >= 4 is 0 Å². The summed E-state index contributed by atoms with van der Waals surface area (Å²) in [7, 11) is 0. The van der Waals surface area contributed by atoms with Crippen molar-refractivity contribution in [2.45, 2.75) is 37.8 Å². The molecule has 130 valence electrons. The summed E-state index contributed by atoms with van der Waals surface area (Å²) < 4.78 is 38.0. The summed E-state index contributed by atoms with van der Waals surface area (Å²) in [5.41, 5.74) is 6.74. The fourth-order valence-electron chi connectivity index (χ4n) is 2.37. The normalized spacial score (nSPS) is 14.4. The predicted molar refractivity (Wildman–Crippen MR) is 87.0 cm³/mol. The number of hydrogen-bond acceptors (Lipinski definition) is 3. The van der Waals surface area contributed by atoms with Crippen molar-refractivity contribution < 1.29 is 18.3 Å². The molecule has 6 heteroatoms. The molecule has 0 aliphatic rings. The van der Waals surface area contributed by atoms with Gasteiger partial charge >= 0.3 is 6.18 Å². The number of halogens is 3. The van der Waals surface area contributed by atoms with E-state index in [1.807, 2.05) is 30.3 Å². The van der Waals surface area contributed by atoms with Crippen LogP contribution in [0.3, 0.4) is 0 Å². The minimum Gasteiger partial charge on any atom is -0.390 e. The largest absolute Gasteiger partial charge is 0.416 e. The molecule has 0 bridgehead atoms. The number of nitrogens with two attached hydrogens (primary N) is 1. The highest BCUT2D eigenvalue weighted by Crippen LogP contribution is 2.29. The van der Waals surface area contributed by atoms with Crippen LogP contribution in [-0.4, -0.2) is 17.4 Å². The predicted octanol–water partition coefficient (Wildman–Crippen LogP) is 3.07. The summed E-state index contributed by atoms with van der Waals surface area (Å²) in [6, 6.07) is 14.8. The molecule has 0 amide bonds. The summed E-state index contributed by atoms with van der Waals surface area (Å²) in [5, 5.41) is 12.9. The van der Waals surface area contributed by atoms with Crippen LogP contribution in [0.1, 0.15) is 23.1 Å². The van der Waals surface area contributed by atoms with E-state index in [-0.39, 0.29) is 6.54 Å². The van der Waals surface area contributed by atoms with Crippen molar-refractivity contribution in [3.05, 3.63) is 71.3 Å². The number of rotatable bonds is 7. The third kappa shape index (κ3) is 5.63. The second kappa shape index (κ2) is 8.28. The van der Waals surface area contributed by atoms with Crippen molar-refractivity contribution in [1.29, 1.82) is 0 Å². The van der Waals surface area contributed by atoms with Crippen molar-refractivity contribution in [2.75, 3.05) is 0 Å². The first-order valence-electron chi connectivity index (χ1n) is 7.73. The van der Waals surface area contributed by atoms with E-state index in [1.54, 1.807) is 6.07 Å². The van der Waals surface area contributed by atoms with Crippen LogP contribution < -0.4 is 11.1 Å². The average molecular weight is 338 g/mol. The second-order valence-electron chi connectivity index (χ2n) is 5.70. The van der Waals surface area contributed by atoms with Gasteiger partial charge in [0.15, 0.2) is 0 Å². The third-order valence-corrected chi connectivity index (χ3v) is 3.78. The molecule has 2 atom stereocenters. The Kier molecular flexibility index (Phi) is 6.36. The van der Waals surface area contributed by atoms with Gasteiger partial charge in [0.25, 0.3) is 0 Å². The van der Waals surface area contributed by atoms with Crippen LogP contribution in [-0.2, 0) is 19.1 Å². The summed E-state index contributed by atoms with van der Waals surface area (Å²) in [4.78, 5) is 0. The van der Waals surface area contributed by atoms with Gasteiger partial charge in [0.1, 0.15) is 0 Å². The van der Waals surface area contributed by atoms with E-state index < -0.39 is 24.0 Å². The molecule has 2 aromatic rings. The summed E-state index contributed by atoms with van der Waals surface area (Å²) in [6.07, 6.45) is -4.70. The molecule has 2 unspecified atom stereocenters. The standard InChI is InChI=1S/C18H21F3N2O/c19-18(20,21)15-8-4-7-14(11-15)12-23-17(22)16(24)10-9-13-5-2-1-3-6-13/h1-8,11,16-17,23-24H,9-10,12,22H2. The number of aliphatic hydroxyl groups excluding tert-OH is 1. The molecule has 0 saturated heterocycles. The zero-order valence-electron chi connectivity index (χ0n) is 13.1. The fraction of sp³-hybridized carbons (Fsp3) is 0.333. The highest BCUT2D eigenvalue weighted by atomic mass is 19.4. The van der Waals surface area contributed by atoms with E-state index in [4.69, 9.17) is 5.73 Å². The number of benzene rings is 2. The Bertz CT molecular complexity index is 632. The Morgan fingerprint density at radius 2 is 1.67 bits per heavy atom. The Morgan fingerprint density at radius 1 is 1.00 bits per heavy atom. The lowest BCUT2D eigenvalue weighted by Crippen LogP contribution is -2.46. The first kappa shape index (κ1) is 18.4. The highest BCUT2D eigenvalue weighted by molar-refractivity contribution is 5.25. The topological polar surface area (TPSA) is 58.3 Å². The maximum atomic E-state index is 12.7. The lowest BCUT2D eigenvalue weighted by atomic mass is 10.1. The zero-order valence-corrected chi connectivity index (χ0v) is 13.1. The van der Waals surface area contributed by atoms with E-state index in [9.17, 15) is 18.3 Å². The van der Waals surface area contributed by atoms with Gasteiger partial charge in [-0.2, -0.15) is 13.2 Å². The van der Waals surface area contributed by atoms with E-state index in [2.05, 4.69) is 5.32 Å². The first-order chi connectivity index (χ1) is 11.4. The van der Waals surface area contributed by atoms with E-state index in [0.29, 0.717) is 18.4 Å². The van der Waals surface area contributed by atoms with Crippen LogP contribution in [0.2, 0.25) is 0 Å². The van der Waals surface area contributed by atoms with E-state index >= 15 is 0 Å². The maximum Gasteiger partial charge on any atom is 0.416 e. The molecule has 0 saturated carbocycles. The van der Waals surface area contributed by atoms with E-state index in [0.717, 1.165) is 17.7 Å². The number of aliphatic hydroxyl groups is 1. The smallest absolute Gasteiger partial charge is 0.390 e. The van der Waals surface area contributed by atoms with Crippen LogP contribution in [0.4, 0.5) is 13.2 Å². The second-order valence-corrected chi connectivity index (χ2v) is 5.70. The van der Waals surface area contributed by atoms with Crippen molar-refractivity contribution in [3.8, 4) is 0 Å². The van der Waals surface area contributed by atoms with E-state index in [1.165, 1.54) is 6.07 Å². The average Bonchev–Trinajstić information content (AvgIpc) is 2.58. The van der Waals surface area contributed by atoms with Gasteiger partial charge in [-0.25, -0.2) is 0 Å². The molecule has 0 heterocycles. The SMILES string of the molecule is NC(NCc1cccc(C(F)(F)F)c1)C(O)CCc1ccccc1. The van der Waals surface area contributed by atoms with Gasteiger partial charge in [0.05, 0.1) is 17.8 Å². The molecule has 3 nitrogen and oxygen atoms in total. The molecule has 2 rings (SSSR count). The fourth-order valence-corrected chi connectivity index (χ4v) is 2.37. The molecule has 0 aliphatic carbocycles. The number of nitrogens with one attached hydrogen (secondary N) is 1. The van der Waals surface area contributed by atoms with Gasteiger partial charge in [-0.1, -0.05) is 48.5 Å². The van der Waals surface area contributed by atoms with Gasteiger partial charge in [-0.3, -0.25) is 5.32 Å². The first-order valence-corrected chi connectivity index (χ1v) is 7.73. The molecule has 0 aromatic heterocycles. The van der Waals surface area contributed by atoms with Crippen LogP contribution in [0, 0.1) is 0 Å². The monoisotopic (exact) mass is 338 g/mol. The highest BCUT2D eigenvalue weighted by Gasteiger charge is 2.30. The molecule has 0 radical (unpaired) electrons. The van der Waals surface area contributed by atoms with Gasteiger partial charge in [0, 0.05) is 6.54 Å². The van der Waals surface area contributed by atoms with Crippen molar-refractivity contribution in [3.63, 3.8) is 0 Å². The summed E-state index contributed by atoms with van der Waals surface area (Å²) in [6.45, 7) is 0.160. The lowest BCUT2D eigenvalue weighted by molar-refractivity contribution is -0.137. The Morgan fingerprint density at radius 3 is 2.33 bits per heavy atom. The minimum absolute atomic E-state index is 0.160. The molecule has 0 fully saturated rings. The van der Waals surface area contributed by atoms with Gasteiger partial charge in [-0.15, -0.1) is 0 Å². The van der Waals surface area contributed by atoms with Crippen LogP contribution in [0.25, 0.3) is 0 Å². The van der Waals surface area contributed by atoms with Crippen molar-refractivity contribution in [2.24, 2.45) is 5.73 Å².